The van der Waals surface area contributed by atoms with E-state index in [9.17, 15) is 14.2 Å². The SMILES string of the molecule is CCCC1(O)P(=O)(O)OP1(=O)O. The van der Waals surface area contributed by atoms with E-state index in [1.165, 1.54) is 0 Å². The summed E-state index contributed by atoms with van der Waals surface area (Å²) in [6.07, 6.45) is 0.115. The van der Waals surface area contributed by atoms with Crippen LogP contribution in [0.4, 0.5) is 0 Å². The van der Waals surface area contributed by atoms with Crippen molar-refractivity contribution >= 4 is 15.2 Å². The van der Waals surface area contributed by atoms with E-state index in [0.29, 0.717) is 6.42 Å². The number of rotatable bonds is 2. The molecular weight excluding hydrogens is 206 g/mol. The van der Waals surface area contributed by atoms with Crippen molar-refractivity contribution < 1.29 is 28.3 Å². The highest BCUT2D eigenvalue weighted by atomic mass is 31.3. The monoisotopic (exact) mass is 216 g/mol. The lowest BCUT2D eigenvalue weighted by molar-refractivity contribution is 0.0893. The summed E-state index contributed by atoms with van der Waals surface area (Å²) < 4.78 is 25.6. The minimum Gasteiger partial charge on any atom is -0.367 e. The number of hydrogen-bond acceptors (Lipinski definition) is 4. The van der Waals surface area contributed by atoms with E-state index in [2.05, 4.69) is 4.31 Å². The molecule has 0 radical (unpaired) electrons. The fraction of sp³-hybridized carbons (Fsp3) is 1.00. The number of hydrogen-bond donors (Lipinski definition) is 3. The van der Waals surface area contributed by atoms with Crippen LogP contribution >= 0.6 is 15.2 Å². The van der Waals surface area contributed by atoms with Gasteiger partial charge in [-0.2, -0.15) is 0 Å². The van der Waals surface area contributed by atoms with Crippen molar-refractivity contribution in [1.82, 2.24) is 0 Å². The highest BCUT2D eigenvalue weighted by molar-refractivity contribution is 7.85. The molecule has 0 saturated carbocycles. The lowest BCUT2D eigenvalue weighted by atomic mass is 10.3. The highest BCUT2D eigenvalue weighted by Gasteiger charge is 2.73. The van der Waals surface area contributed by atoms with Gasteiger partial charge in [-0.3, -0.25) is 9.13 Å². The summed E-state index contributed by atoms with van der Waals surface area (Å²) >= 11 is 0. The maximum Gasteiger partial charge on any atom is 0.379 e. The van der Waals surface area contributed by atoms with Crippen molar-refractivity contribution in [1.29, 1.82) is 0 Å². The molecule has 72 valence electrons. The van der Waals surface area contributed by atoms with Gasteiger partial charge in [-0.15, -0.1) is 0 Å². The van der Waals surface area contributed by atoms with Gasteiger partial charge in [-0.1, -0.05) is 13.3 Å². The third-order valence-electron chi connectivity index (χ3n) is 1.71. The Hall–Kier alpha value is 0.300. The van der Waals surface area contributed by atoms with E-state index >= 15 is 0 Å². The topological polar surface area (TPSA) is 104 Å². The van der Waals surface area contributed by atoms with Gasteiger partial charge >= 0.3 is 15.2 Å². The van der Waals surface area contributed by atoms with Crippen LogP contribution in [0.15, 0.2) is 0 Å². The second-order valence-electron chi connectivity index (χ2n) is 2.65. The van der Waals surface area contributed by atoms with Crippen molar-refractivity contribution in [3.8, 4) is 0 Å². The molecule has 1 fully saturated rings. The third kappa shape index (κ3) is 1.11. The largest absolute Gasteiger partial charge is 0.379 e. The number of aliphatic hydroxyl groups is 1. The smallest absolute Gasteiger partial charge is 0.367 e. The molecule has 1 aliphatic heterocycles. The van der Waals surface area contributed by atoms with Crippen LogP contribution in [0, 0.1) is 0 Å². The molecule has 12 heavy (non-hydrogen) atoms. The molecule has 0 spiro atoms. The van der Waals surface area contributed by atoms with Crippen molar-refractivity contribution in [2.24, 2.45) is 0 Å². The molecule has 0 aliphatic carbocycles. The van der Waals surface area contributed by atoms with Crippen LogP contribution in [0.25, 0.3) is 0 Å². The average molecular weight is 216 g/mol. The first-order valence-electron chi connectivity index (χ1n) is 3.36. The summed E-state index contributed by atoms with van der Waals surface area (Å²) in [7, 11) is -8.57. The van der Waals surface area contributed by atoms with Crippen LogP contribution in [-0.2, 0) is 13.4 Å². The van der Waals surface area contributed by atoms with Gasteiger partial charge in [0.1, 0.15) is 0 Å². The summed E-state index contributed by atoms with van der Waals surface area (Å²) in [6, 6.07) is 0. The Morgan fingerprint density at radius 1 is 1.33 bits per heavy atom. The van der Waals surface area contributed by atoms with Gasteiger partial charge in [0.15, 0.2) is 0 Å². The summed E-state index contributed by atoms with van der Waals surface area (Å²) in [5.41, 5.74) is 0. The van der Waals surface area contributed by atoms with Gasteiger partial charge in [-0.05, 0) is 6.42 Å². The summed E-state index contributed by atoms with van der Waals surface area (Å²) in [5.74, 6) is 0. The Balaban J connectivity index is 2.99. The van der Waals surface area contributed by atoms with Crippen molar-refractivity contribution in [3.05, 3.63) is 0 Å². The molecule has 0 aromatic heterocycles. The minimum atomic E-state index is -4.28. The second kappa shape index (κ2) is 2.64. The van der Waals surface area contributed by atoms with Crippen molar-refractivity contribution in [2.45, 2.75) is 24.8 Å². The summed E-state index contributed by atoms with van der Waals surface area (Å²) in [5, 5.41) is 6.88. The first kappa shape index (κ1) is 10.4. The molecule has 1 aliphatic rings. The summed E-state index contributed by atoms with van der Waals surface area (Å²) in [4.78, 5) is 17.7. The first-order valence-corrected chi connectivity index (χ1v) is 6.52. The molecule has 3 N–H and O–H groups in total. The average Bonchev–Trinajstić information content (AvgIpc) is 1.85. The zero-order valence-electron chi connectivity index (χ0n) is 6.38. The maximum atomic E-state index is 10.9. The Morgan fingerprint density at radius 2 is 1.75 bits per heavy atom. The maximum absolute atomic E-state index is 10.9. The molecule has 6 nitrogen and oxygen atoms in total. The van der Waals surface area contributed by atoms with Gasteiger partial charge in [0.2, 0.25) is 0 Å². The van der Waals surface area contributed by atoms with E-state index in [1.807, 2.05) is 0 Å². The Bertz CT molecular complexity index is 263. The van der Waals surface area contributed by atoms with Crippen LogP contribution < -0.4 is 0 Å². The summed E-state index contributed by atoms with van der Waals surface area (Å²) in [6.45, 7) is 1.62. The molecule has 1 heterocycles. The predicted molar refractivity (Wildman–Crippen MR) is 40.6 cm³/mol. The molecule has 2 atom stereocenters. The van der Waals surface area contributed by atoms with Crippen LogP contribution in [0.2, 0.25) is 0 Å². The van der Waals surface area contributed by atoms with Gasteiger partial charge in [-0.25, -0.2) is 4.31 Å². The van der Waals surface area contributed by atoms with E-state index in [4.69, 9.17) is 9.79 Å². The van der Waals surface area contributed by atoms with Gasteiger partial charge in [0, 0.05) is 0 Å². The van der Waals surface area contributed by atoms with Gasteiger partial charge in [0.25, 0.3) is 5.08 Å². The molecular formula is C4H10O6P2. The fourth-order valence-corrected chi connectivity index (χ4v) is 5.30. The predicted octanol–water partition coefficient (Wildman–Crippen LogP) is 0.834. The van der Waals surface area contributed by atoms with Crippen LogP contribution in [0.5, 0.6) is 0 Å². The first-order chi connectivity index (χ1) is 5.27. The Kier molecular flexibility index (Phi) is 2.29. The lowest BCUT2D eigenvalue weighted by Crippen LogP contribution is -2.37. The minimum absolute atomic E-state index is 0.214. The van der Waals surface area contributed by atoms with E-state index in [0.717, 1.165) is 0 Å². The quantitative estimate of drug-likeness (QED) is 0.590. The standard InChI is InChI=1S/C4H10O6P2/c1-2-3-4(5)11(6,7)10-12(4,8)9/h5H,2-3H2,1H3,(H,6,7)(H,8,9). The molecule has 0 aromatic carbocycles. The molecule has 2 unspecified atom stereocenters. The van der Waals surface area contributed by atoms with Crippen LogP contribution in [0.3, 0.4) is 0 Å². The lowest BCUT2D eigenvalue weighted by Gasteiger charge is -2.42. The molecule has 1 saturated heterocycles. The van der Waals surface area contributed by atoms with E-state index < -0.39 is 20.3 Å². The van der Waals surface area contributed by atoms with Crippen LogP contribution in [-0.4, -0.2) is 20.0 Å². The van der Waals surface area contributed by atoms with E-state index in [-0.39, 0.29) is 6.42 Å². The Labute approximate surface area is 69.3 Å². The molecule has 0 bridgehead atoms. The van der Waals surface area contributed by atoms with E-state index in [1.54, 1.807) is 6.92 Å². The second-order valence-corrected chi connectivity index (χ2v) is 7.21. The molecule has 8 heteroatoms. The highest BCUT2D eigenvalue weighted by Crippen LogP contribution is 2.88. The molecule has 1 rings (SSSR count). The fourth-order valence-electron chi connectivity index (χ4n) is 1.03. The normalized spacial score (nSPS) is 53.3. The Morgan fingerprint density at radius 3 is 1.92 bits per heavy atom. The zero-order valence-corrected chi connectivity index (χ0v) is 8.16. The third-order valence-corrected chi connectivity index (χ3v) is 7.26. The zero-order chi connectivity index (χ0) is 9.62. The van der Waals surface area contributed by atoms with Gasteiger partial charge in [0.05, 0.1) is 0 Å². The van der Waals surface area contributed by atoms with Crippen molar-refractivity contribution in [3.63, 3.8) is 0 Å². The van der Waals surface area contributed by atoms with Gasteiger partial charge < -0.3 is 14.9 Å². The molecule has 0 amide bonds. The molecule has 0 aromatic rings. The van der Waals surface area contributed by atoms with Crippen molar-refractivity contribution in [2.75, 3.05) is 0 Å². The van der Waals surface area contributed by atoms with Crippen LogP contribution in [0.1, 0.15) is 19.8 Å².